The van der Waals surface area contributed by atoms with Crippen molar-refractivity contribution in [3.8, 4) is 0 Å². The highest BCUT2D eigenvalue weighted by molar-refractivity contribution is 7.17. The van der Waals surface area contributed by atoms with Crippen molar-refractivity contribution in [1.29, 1.82) is 0 Å². The summed E-state index contributed by atoms with van der Waals surface area (Å²) in [6, 6.07) is 4.15. The van der Waals surface area contributed by atoms with Gasteiger partial charge in [0, 0.05) is 11.8 Å². The largest absolute Gasteiger partial charge is 0.388 e. The second kappa shape index (κ2) is 4.57. The smallest absolute Gasteiger partial charge is 0.0809 e. The standard InChI is InChI=1S/C16H19NOS/c18-15(7-12-6-10-1-2-11(12)5-10)13-8-16-14(17-9-13)3-4-19-16/h3-4,8-12,15,18H,1-2,5-7H2. The zero-order valence-corrected chi connectivity index (χ0v) is 11.8. The summed E-state index contributed by atoms with van der Waals surface area (Å²) in [6.07, 6.45) is 8.04. The third kappa shape index (κ3) is 2.09. The van der Waals surface area contributed by atoms with E-state index in [0.29, 0.717) is 0 Å². The molecule has 0 spiro atoms. The summed E-state index contributed by atoms with van der Waals surface area (Å²) < 4.78 is 1.18. The number of pyridine rings is 1. The van der Waals surface area contributed by atoms with Crippen molar-refractivity contribution >= 4 is 21.6 Å². The molecule has 4 rings (SSSR count). The van der Waals surface area contributed by atoms with Crippen molar-refractivity contribution in [2.75, 3.05) is 0 Å². The molecule has 4 atom stereocenters. The van der Waals surface area contributed by atoms with Gasteiger partial charge in [-0.05, 0) is 60.9 Å². The van der Waals surface area contributed by atoms with E-state index >= 15 is 0 Å². The van der Waals surface area contributed by atoms with E-state index < -0.39 is 0 Å². The van der Waals surface area contributed by atoms with Gasteiger partial charge in [-0.25, -0.2) is 0 Å². The summed E-state index contributed by atoms with van der Waals surface area (Å²) in [5.41, 5.74) is 2.04. The van der Waals surface area contributed by atoms with Crippen molar-refractivity contribution < 1.29 is 5.11 Å². The van der Waals surface area contributed by atoms with Gasteiger partial charge < -0.3 is 5.11 Å². The second-order valence-corrected chi connectivity index (χ2v) is 7.21. The Balaban J connectivity index is 1.51. The number of fused-ring (bicyclic) bond motifs is 3. The van der Waals surface area contributed by atoms with Crippen LogP contribution in [0.4, 0.5) is 0 Å². The lowest BCUT2D eigenvalue weighted by Crippen LogP contribution is -2.14. The Morgan fingerprint density at radius 3 is 3.11 bits per heavy atom. The van der Waals surface area contributed by atoms with Crippen molar-refractivity contribution in [3.63, 3.8) is 0 Å². The number of hydrogen-bond donors (Lipinski definition) is 1. The third-order valence-electron chi connectivity index (χ3n) is 5.12. The molecule has 0 saturated heterocycles. The molecule has 2 fully saturated rings. The summed E-state index contributed by atoms with van der Waals surface area (Å²) >= 11 is 1.70. The second-order valence-electron chi connectivity index (χ2n) is 6.26. The van der Waals surface area contributed by atoms with E-state index in [1.54, 1.807) is 11.3 Å². The molecule has 100 valence electrons. The molecule has 0 amide bonds. The maximum atomic E-state index is 10.5. The fraction of sp³-hybridized carbons (Fsp3) is 0.562. The molecule has 2 aliphatic rings. The molecular formula is C16H19NOS. The number of hydrogen-bond acceptors (Lipinski definition) is 3. The molecule has 1 N–H and O–H groups in total. The topological polar surface area (TPSA) is 33.1 Å². The van der Waals surface area contributed by atoms with E-state index in [4.69, 9.17) is 0 Å². The van der Waals surface area contributed by atoms with Crippen molar-refractivity contribution in [1.82, 2.24) is 4.98 Å². The molecule has 0 aliphatic heterocycles. The monoisotopic (exact) mass is 273 g/mol. The summed E-state index contributed by atoms with van der Waals surface area (Å²) in [6.45, 7) is 0. The SMILES string of the molecule is OC(CC1CC2CCC1C2)c1cnc2ccsc2c1. The van der Waals surface area contributed by atoms with Crippen molar-refractivity contribution in [3.05, 3.63) is 29.3 Å². The minimum Gasteiger partial charge on any atom is -0.388 e. The van der Waals surface area contributed by atoms with Crippen LogP contribution >= 0.6 is 11.3 Å². The summed E-state index contributed by atoms with van der Waals surface area (Å²) in [7, 11) is 0. The minimum absolute atomic E-state index is 0.330. The molecule has 2 heterocycles. The van der Waals surface area contributed by atoms with Crippen LogP contribution in [-0.4, -0.2) is 10.1 Å². The van der Waals surface area contributed by atoms with E-state index in [1.807, 2.05) is 12.3 Å². The first-order valence-corrected chi connectivity index (χ1v) is 8.19. The Labute approximate surface area is 117 Å². The van der Waals surface area contributed by atoms with Crippen molar-refractivity contribution in [2.24, 2.45) is 17.8 Å². The zero-order valence-electron chi connectivity index (χ0n) is 11.0. The van der Waals surface area contributed by atoms with E-state index in [2.05, 4.69) is 16.4 Å². The molecule has 2 aromatic heterocycles. The number of nitrogens with zero attached hydrogens (tertiary/aromatic N) is 1. The van der Waals surface area contributed by atoms with Crippen LogP contribution in [0.3, 0.4) is 0 Å². The van der Waals surface area contributed by atoms with Gasteiger partial charge in [0.05, 0.1) is 16.3 Å². The quantitative estimate of drug-likeness (QED) is 0.911. The zero-order chi connectivity index (χ0) is 12.8. The van der Waals surface area contributed by atoms with Gasteiger partial charge in [0.25, 0.3) is 0 Å². The summed E-state index contributed by atoms with van der Waals surface area (Å²) in [5.74, 6) is 2.59. The highest BCUT2D eigenvalue weighted by Crippen LogP contribution is 2.50. The van der Waals surface area contributed by atoms with Crippen LogP contribution in [0.1, 0.15) is 43.8 Å². The molecule has 3 heteroatoms. The first kappa shape index (κ1) is 11.9. The van der Waals surface area contributed by atoms with Gasteiger partial charge in [-0.15, -0.1) is 11.3 Å². The number of aliphatic hydroxyl groups excluding tert-OH is 1. The van der Waals surface area contributed by atoms with Crippen LogP contribution in [0.15, 0.2) is 23.7 Å². The molecule has 0 radical (unpaired) electrons. The average molecular weight is 273 g/mol. The minimum atomic E-state index is -0.330. The molecule has 2 aliphatic carbocycles. The lowest BCUT2D eigenvalue weighted by atomic mass is 9.84. The highest BCUT2D eigenvalue weighted by Gasteiger charge is 2.40. The predicted octanol–water partition coefficient (Wildman–Crippen LogP) is 4.16. The predicted molar refractivity (Wildman–Crippen MR) is 78.1 cm³/mol. The molecule has 0 aromatic carbocycles. The Morgan fingerprint density at radius 1 is 1.37 bits per heavy atom. The first-order chi connectivity index (χ1) is 9.29. The molecule has 4 unspecified atom stereocenters. The van der Waals surface area contributed by atoms with Gasteiger partial charge in [-0.1, -0.05) is 6.42 Å². The van der Waals surface area contributed by atoms with E-state index in [9.17, 15) is 5.11 Å². The van der Waals surface area contributed by atoms with E-state index in [-0.39, 0.29) is 6.10 Å². The maximum Gasteiger partial charge on any atom is 0.0809 e. The van der Waals surface area contributed by atoms with E-state index in [0.717, 1.165) is 35.3 Å². The van der Waals surface area contributed by atoms with E-state index in [1.165, 1.54) is 30.4 Å². The number of rotatable bonds is 3. The first-order valence-electron chi connectivity index (χ1n) is 7.31. The highest BCUT2D eigenvalue weighted by atomic mass is 32.1. The van der Waals surface area contributed by atoms with Gasteiger partial charge in [0.1, 0.15) is 0 Å². The number of aromatic nitrogens is 1. The van der Waals surface area contributed by atoms with Crippen LogP contribution in [0.2, 0.25) is 0 Å². The third-order valence-corrected chi connectivity index (χ3v) is 5.97. The Kier molecular flexibility index (Phi) is 2.85. The van der Waals surface area contributed by atoms with Gasteiger partial charge in [0.15, 0.2) is 0 Å². The lowest BCUT2D eigenvalue weighted by molar-refractivity contribution is 0.125. The fourth-order valence-electron chi connectivity index (χ4n) is 4.13. The normalized spacial score (nSPS) is 31.1. The molecular weight excluding hydrogens is 254 g/mol. The summed E-state index contributed by atoms with van der Waals surface area (Å²) in [4.78, 5) is 4.44. The average Bonchev–Trinajstić information content (AvgIpc) is 3.13. The number of aliphatic hydroxyl groups is 1. The maximum absolute atomic E-state index is 10.5. The number of thiophene rings is 1. The van der Waals surface area contributed by atoms with Gasteiger partial charge >= 0.3 is 0 Å². The van der Waals surface area contributed by atoms with Gasteiger partial charge in [-0.3, -0.25) is 4.98 Å². The Bertz CT molecular complexity index is 593. The Morgan fingerprint density at radius 2 is 2.32 bits per heavy atom. The summed E-state index contributed by atoms with van der Waals surface area (Å²) in [5, 5.41) is 12.5. The lowest BCUT2D eigenvalue weighted by Gasteiger charge is -2.24. The van der Waals surface area contributed by atoms with Gasteiger partial charge in [0.2, 0.25) is 0 Å². The van der Waals surface area contributed by atoms with Crippen LogP contribution in [0.25, 0.3) is 10.2 Å². The fourth-order valence-corrected chi connectivity index (χ4v) is 4.92. The van der Waals surface area contributed by atoms with Gasteiger partial charge in [-0.2, -0.15) is 0 Å². The van der Waals surface area contributed by atoms with Crippen LogP contribution in [-0.2, 0) is 0 Å². The van der Waals surface area contributed by atoms with Crippen LogP contribution in [0, 0.1) is 17.8 Å². The molecule has 2 bridgehead atoms. The molecule has 19 heavy (non-hydrogen) atoms. The molecule has 2 saturated carbocycles. The molecule has 2 aromatic rings. The van der Waals surface area contributed by atoms with Crippen molar-refractivity contribution in [2.45, 2.75) is 38.2 Å². The van der Waals surface area contributed by atoms with Crippen LogP contribution in [0.5, 0.6) is 0 Å². The Hall–Kier alpha value is -0.930. The van der Waals surface area contributed by atoms with Crippen LogP contribution < -0.4 is 0 Å². The molecule has 2 nitrogen and oxygen atoms in total.